The van der Waals surface area contributed by atoms with E-state index in [2.05, 4.69) is 28.5 Å². The number of hydrogen-bond acceptors (Lipinski definition) is 2. The Balaban J connectivity index is 2.36. The van der Waals surface area contributed by atoms with Crippen molar-refractivity contribution >= 4 is 10.9 Å². The lowest BCUT2D eigenvalue weighted by Crippen LogP contribution is -1.99. The third-order valence-corrected chi connectivity index (χ3v) is 2.56. The standard InChI is InChI=1S/C11H10N2/c1-2-8-4-9-6-12-7-10(9)5-11(8)13-3-1/h1-5,12H,6-7H2. The molecule has 0 bridgehead atoms. The maximum atomic E-state index is 4.33. The average molecular weight is 170 g/mol. The van der Waals surface area contributed by atoms with E-state index in [9.17, 15) is 0 Å². The first kappa shape index (κ1) is 7.04. The van der Waals surface area contributed by atoms with Gasteiger partial charge in [-0.15, -0.1) is 0 Å². The fraction of sp³-hybridized carbons (Fsp3) is 0.182. The largest absolute Gasteiger partial charge is 0.309 e. The number of pyridine rings is 1. The zero-order valence-electron chi connectivity index (χ0n) is 7.25. The van der Waals surface area contributed by atoms with Crippen LogP contribution < -0.4 is 5.32 Å². The van der Waals surface area contributed by atoms with Gasteiger partial charge in [0, 0.05) is 24.7 Å². The van der Waals surface area contributed by atoms with Crippen molar-refractivity contribution in [3.05, 3.63) is 41.6 Å². The molecule has 2 heterocycles. The highest BCUT2D eigenvalue weighted by Crippen LogP contribution is 2.21. The van der Waals surface area contributed by atoms with Crippen LogP contribution in [0.4, 0.5) is 0 Å². The highest BCUT2D eigenvalue weighted by molar-refractivity contribution is 5.80. The number of fused-ring (bicyclic) bond motifs is 2. The van der Waals surface area contributed by atoms with E-state index in [-0.39, 0.29) is 0 Å². The molecular formula is C11H10N2. The van der Waals surface area contributed by atoms with Gasteiger partial charge in [0.15, 0.2) is 0 Å². The van der Waals surface area contributed by atoms with E-state index in [1.807, 2.05) is 12.3 Å². The first-order valence-electron chi connectivity index (χ1n) is 4.51. The minimum Gasteiger partial charge on any atom is -0.309 e. The van der Waals surface area contributed by atoms with Gasteiger partial charge in [0.25, 0.3) is 0 Å². The van der Waals surface area contributed by atoms with E-state index in [1.54, 1.807) is 0 Å². The van der Waals surface area contributed by atoms with Crippen molar-refractivity contribution in [2.24, 2.45) is 0 Å². The molecule has 0 saturated heterocycles. The molecule has 13 heavy (non-hydrogen) atoms. The van der Waals surface area contributed by atoms with E-state index in [0.717, 1.165) is 18.6 Å². The second-order valence-electron chi connectivity index (χ2n) is 3.42. The van der Waals surface area contributed by atoms with Crippen LogP contribution in [0.1, 0.15) is 11.1 Å². The number of nitrogens with one attached hydrogen (secondary N) is 1. The van der Waals surface area contributed by atoms with Gasteiger partial charge in [-0.1, -0.05) is 6.07 Å². The Kier molecular flexibility index (Phi) is 1.37. The molecule has 0 amide bonds. The summed E-state index contributed by atoms with van der Waals surface area (Å²) in [5, 5.41) is 4.58. The minimum absolute atomic E-state index is 0.988. The van der Waals surface area contributed by atoms with Crippen molar-refractivity contribution in [3.63, 3.8) is 0 Å². The third-order valence-electron chi connectivity index (χ3n) is 2.56. The molecule has 0 saturated carbocycles. The minimum atomic E-state index is 0.988. The van der Waals surface area contributed by atoms with Gasteiger partial charge in [-0.2, -0.15) is 0 Å². The molecule has 64 valence electrons. The normalized spacial score (nSPS) is 14.8. The Morgan fingerprint density at radius 2 is 2.00 bits per heavy atom. The van der Waals surface area contributed by atoms with Crippen molar-refractivity contribution in [2.75, 3.05) is 0 Å². The van der Waals surface area contributed by atoms with E-state index in [0.29, 0.717) is 0 Å². The molecular weight excluding hydrogens is 160 g/mol. The van der Waals surface area contributed by atoms with Crippen LogP contribution in [0, 0.1) is 0 Å². The van der Waals surface area contributed by atoms with Gasteiger partial charge >= 0.3 is 0 Å². The Bertz CT molecular complexity index is 420. The Morgan fingerprint density at radius 1 is 1.15 bits per heavy atom. The van der Waals surface area contributed by atoms with Crippen LogP contribution >= 0.6 is 0 Å². The number of benzene rings is 1. The average Bonchev–Trinajstić information content (AvgIpc) is 2.61. The Hall–Kier alpha value is -1.41. The number of aromatic nitrogens is 1. The SMILES string of the molecule is c1cnc2cc3c(cc2c1)CNC3. The van der Waals surface area contributed by atoms with Crippen LogP contribution in [-0.2, 0) is 13.1 Å². The van der Waals surface area contributed by atoms with Crippen molar-refractivity contribution in [1.29, 1.82) is 0 Å². The van der Waals surface area contributed by atoms with E-state index >= 15 is 0 Å². The van der Waals surface area contributed by atoms with Gasteiger partial charge in [0.1, 0.15) is 0 Å². The van der Waals surface area contributed by atoms with E-state index in [1.165, 1.54) is 16.5 Å². The summed E-state index contributed by atoms with van der Waals surface area (Å²) < 4.78 is 0. The molecule has 1 aliphatic rings. The maximum absolute atomic E-state index is 4.33. The summed E-state index contributed by atoms with van der Waals surface area (Å²) in [6, 6.07) is 8.51. The molecule has 2 heteroatoms. The van der Waals surface area contributed by atoms with Crippen LogP contribution in [0.5, 0.6) is 0 Å². The van der Waals surface area contributed by atoms with Gasteiger partial charge < -0.3 is 5.32 Å². The summed E-state index contributed by atoms with van der Waals surface area (Å²) in [6.07, 6.45) is 1.84. The molecule has 3 rings (SSSR count). The number of nitrogens with zero attached hydrogens (tertiary/aromatic N) is 1. The van der Waals surface area contributed by atoms with Gasteiger partial charge in [-0.25, -0.2) is 0 Å². The van der Waals surface area contributed by atoms with Gasteiger partial charge in [0.05, 0.1) is 5.52 Å². The van der Waals surface area contributed by atoms with Gasteiger partial charge in [0.2, 0.25) is 0 Å². The summed E-state index contributed by atoms with van der Waals surface area (Å²) in [6.45, 7) is 1.99. The van der Waals surface area contributed by atoms with Crippen molar-refractivity contribution < 1.29 is 0 Å². The summed E-state index contributed by atoms with van der Waals surface area (Å²) >= 11 is 0. The highest BCUT2D eigenvalue weighted by Gasteiger charge is 2.10. The fourth-order valence-corrected chi connectivity index (χ4v) is 1.87. The van der Waals surface area contributed by atoms with Gasteiger partial charge in [-0.05, 0) is 29.3 Å². The van der Waals surface area contributed by atoms with Crippen LogP contribution in [0.25, 0.3) is 10.9 Å². The third kappa shape index (κ3) is 1.03. The quantitative estimate of drug-likeness (QED) is 0.652. The molecule has 1 aromatic carbocycles. The van der Waals surface area contributed by atoms with Gasteiger partial charge in [-0.3, -0.25) is 4.98 Å². The number of hydrogen-bond donors (Lipinski definition) is 1. The lowest BCUT2D eigenvalue weighted by atomic mass is 10.1. The van der Waals surface area contributed by atoms with Crippen LogP contribution in [-0.4, -0.2) is 4.98 Å². The van der Waals surface area contributed by atoms with Crippen molar-refractivity contribution in [2.45, 2.75) is 13.1 Å². The molecule has 0 spiro atoms. The Labute approximate surface area is 76.6 Å². The second-order valence-corrected chi connectivity index (χ2v) is 3.42. The maximum Gasteiger partial charge on any atom is 0.0705 e. The molecule has 0 radical (unpaired) electrons. The first-order chi connectivity index (χ1) is 6.43. The zero-order valence-corrected chi connectivity index (χ0v) is 7.25. The van der Waals surface area contributed by atoms with E-state index < -0.39 is 0 Å². The summed E-state index contributed by atoms with van der Waals surface area (Å²) in [5.41, 5.74) is 3.91. The summed E-state index contributed by atoms with van der Waals surface area (Å²) in [7, 11) is 0. The summed E-state index contributed by atoms with van der Waals surface area (Å²) in [5.74, 6) is 0. The molecule has 0 unspecified atom stereocenters. The predicted octanol–water partition coefficient (Wildman–Crippen LogP) is 1.84. The second kappa shape index (κ2) is 2.54. The van der Waals surface area contributed by atoms with Crippen LogP contribution in [0.2, 0.25) is 0 Å². The molecule has 1 aliphatic heterocycles. The molecule has 2 nitrogen and oxygen atoms in total. The highest BCUT2D eigenvalue weighted by atomic mass is 14.9. The fourth-order valence-electron chi connectivity index (χ4n) is 1.87. The molecule has 1 aromatic heterocycles. The molecule has 0 atom stereocenters. The zero-order chi connectivity index (χ0) is 8.67. The first-order valence-corrected chi connectivity index (χ1v) is 4.51. The molecule has 0 aliphatic carbocycles. The molecule has 1 N–H and O–H groups in total. The van der Waals surface area contributed by atoms with Crippen LogP contribution in [0.15, 0.2) is 30.5 Å². The van der Waals surface area contributed by atoms with Crippen molar-refractivity contribution in [1.82, 2.24) is 10.3 Å². The topological polar surface area (TPSA) is 24.9 Å². The van der Waals surface area contributed by atoms with Crippen LogP contribution in [0.3, 0.4) is 0 Å². The number of rotatable bonds is 0. The molecule has 2 aromatic rings. The predicted molar refractivity (Wildman–Crippen MR) is 52.3 cm³/mol. The van der Waals surface area contributed by atoms with Crippen molar-refractivity contribution in [3.8, 4) is 0 Å². The Morgan fingerprint density at radius 3 is 2.92 bits per heavy atom. The lowest BCUT2D eigenvalue weighted by molar-refractivity contribution is 0.765. The lowest BCUT2D eigenvalue weighted by Gasteiger charge is -2.00. The monoisotopic (exact) mass is 170 g/mol. The van der Waals surface area contributed by atoms with E-state index in [4.69, 9.17) is 0 Å². The smallest absolute Gasteiger partial charge is 0.0705 e. The molecule has 0 fully saturated rings. The summed E-state index contributed by atoms with van der Waals surface area (Å²) in [4.78, 5) is 4.33.